The first kappa shape index (κ1) is 16.5. The van der Waals surface area contributed by atoms with E-state index in [1.54, 1.807) is 12.3 Å². The molecular formula is C18H22N2O4. The maximum Gasteiger partial charge on any atom is 0.315 e. The van der Waals surface area contributed by atoms with E-state index in [1.807, 2.05) is 36.4 Å². The minimum atomic E-state index is -0.230. The second-order valence-electron chi connectivity index (χ2n) is 5.71. The summed E-state index contributed by atoms with van der Waals surface area (Å²) in [4.78, 5) is 12.1. The van der Waals surface area contributed by atoms with E-state index in [1.165, 1.54) is 0 Å². The monoisotopic (exact) mass is 330 g/mol. The standard InChI is InChI=1S/C18H22N2O4/c21-18(19-11-15-7-4-9-23-15)20-16-8-10-22-13-17(16)24-12-14-5-2-1-3-6-14/h1-7,9,16-17H,8,10-13H2,(H2,19,20,21)/t16-,17-/m1/s1. The Morgan fingerprint density at radius 2 is 2.08 bits per heavy atom. The highest BCUT2D eigenvalue weighted by atomic mass is 16.5. The molecule has 0 spiro atoms. The highest BCUT2D eigenvalue weighted by molar-refractivity contribution is 5.74. The van der Waals surface area contributed by atoms with E-state index in [4.69, 9.17) is 13.9 Å². The van der Waals surface area contributed by atoms with Crippen molar-refractivity contribution in [2.24, 2.45) is 0 Å². The van der Waals surface area contributed by atoms with E-state index in [0.717, 1.165) is 12.0 Å². The summed E-state index contributed by atoms with van der Waals surface area (Å²) in [5.74, 6) is 0.717. The van der Waals surface area contributed by atoms with E-state index < -0.39 is 0 Å². The lowest BCUT2D eigenvalue weighted by atomic mass is 10.1. The molecule has 0 unspecified atom stereocenters. The molecule has 2 heterocycles. The summed E-state index contributed by atoms with van der Waals surface area (Å²) in [7, 11) is 0. The number of carbonyl (C=O) groups is 1. The van der Waals surface area contributed by atoms with Crippen LogP contribution in [-0.4, -0.2) is 31.4 Å². The molecule has 6 heteroatoms. The number of benzene rings is 1. The Morgan fingerprint density at radius 1 is 1.21 bits per heavy atom. The third kappa shape index (κ3) is 4.84. The summed E-state index contributed by atoms with van der Waals surface area (Å²) in [5, 5.41) is 5.76. The van der Waals surface area contributed by atoms with Gasteiger partial charge in [0.25, 0.3) is 0 Å². The molecule has 2 N–H and O–H groups in total. The highest BCUT2D eigenvalue weighted by Gasteiger charge is 2.28. The second-order valence-corrected chi connectivity index (χ2v) is 5.71. The number of ether oxygens (including phenoxy) is 2. The van der Waals surface area contributed by atoms with Crippen molar-refractivity contribution in [3.05, 3.63) is 60.1 Å². The maximum atomic E-state index is 12.1. The predicted molar refractivity (Wildman–Crippen MR) is 88.3 cm³/mol. The van der Waals surface area contributed by atoms with Crippen molar-refractivity contribution in [1.29, 1.82) is 0 Å². The summed E-state index contributed by atoms with van der Waals surface area (Å²) in [5.41, 5.74) is 1.10. The average Bonchev–Trinajstić information content (AvgIpc) is 3.14. The average molecular weight is 330 g/mol. The lowest BCUT2D eigenvalue weighted by Crippen LogP contribution is -2.52. The van der Waals surface area contributed by atoms with Gasteiger partial charge < -0.3 is 24.5 Å². The molecule has 2 atom stereocenters. The molecule has 0 radical (unpaired) electrons. The fraction of sp³-hybridized carbons (Fsp3) is 0.389. The van der Waals surface area contributed by atoms with Crippen molar-refractivity contribution in [1.82, 2.24) is 10.6 Å². The van der Waals surface area contributed by atoms with Crippen LogP contribution in [0.3, 0.4) is 0 Å². The molecule has 1 fully saturated rings. The quantitative estimate of drug-likeness (QED) is 0.853. The van der Waals surface area contributed by atoms with E-state index in [0.29, 0.717) is 32.1 Å². The van der Waals surface area contributed by atoms with Crippen LogP contribution < -0.4 is 10.6 Å². The van der Waals surface area contributed by atoms with E-state index in [2.05, 4.69) is 10.6 Å². The van der Waals surface area contributed by atoms with Gasteiger partial charge in [-0.2, -0.15) is 0 Å². The van der Waals surface area contributed by atoms with E-state index >= 15 is 0 Å². The zero-order chi connectivity index (χ0) is 16.6. The van der Waals surface area contributed by atoms with Gasteiger partial charge in [-0.3, -0.25) is 0 Å². The summed E-state index contributed by atoms with van der Waals surface area (Å²) >= 11 is 0. The zero-order valence-electron chi connectivity index (χ0n) is 13.4. The Bertz CT molecular complexity index is 615. The van der Waals surface area contributed by atoms with Crippen LogP contribution in [0.4, 0.5) is 4.79 Å². The Hall–Kier alpha value is -2.31. The third-order valence-electron chi connectivity index (χ3n) is 3.93. The van der Waals surface area contributed by atoms with Crippen molar-refractivity contribution < 1.29 is 18.7 Å². The van der Waals surface area contributed by atoms with Crippen molar-refractivity contribution in [2.45, 2.75) is 31.7 Å². The number of rotatable bonds is 6. The summed E-state index contributed by atoms with van der Waals surface area (Å²) < 4.78 is 16.6. The first-order valence-corrected chi connectivity index (χ1v) is 8.11. The Morgan fingerprint density at radius 3 is 2.88 bits per heavy atom. The van der Waals surface area contributed by atoms with Crippen LogP contribution in [0.5, 0.6) is 0 Å². The smallest absolute Gasteiger partial charge is 0.315 e. The number of nitrogens with one attached hydrogen (secondary N) is 2. The fourth-order valence-corrected chi connectivity index (χ4v) is 2.62. The molecule has 0 bridgehead atoms. The van der Waals surface area contributed by atoms with Crippen LogP contribution in [-0.2, 0) is 22.6 Å². The fourth-order valence-electron chi connectivity index (χ4n) is 2.62. The van der Waals surface area contributed by atoms with Crippen LogP contribution >= 0.6 is 0 Å². The van der Waals surface area contributed by atoms with Gasteiger partial charge in [-0.25, -0.2) is 4.79 Å². The molecule has 1 aromatic carbocycles. The summed E-state index contributed by atoms with van der Waals surface area (Å²) in [6.45, 7) is 1.96. The molecule has 1 aliphatic heterocycles. The number of hydrogen-bond acceptors (Lipinski definition) is 4. The molecule has 1 saturated heterocycles. The topological polar surface area (TPSA) is 72.7 Å². The second kappa shape index (κ2) is 8.52. The van der Waals surface area contributed by atoms with E-state index in [-0.39, 0.29) is 18.2 Å². The first-order chi connectivity index (χ1) is 11.8. The largest absolute Gasteiger partial charge is 0.467 e. The van der Waals surface area contributed by atoms with Crippen LogP contribution in [0.1, 0.15) is 17.7 Å². The predicted octanol–water partition coefficient (Wildman–Crippen LogP) is 2.45. The lowest BCUT2D eigenvalue weighted by molar-refractivity contribution is -0.0730. The van der Waals surface area contributed by atoms with Gasteiger partial charge in [-0.05, 0) is 24.1 Å². The van der Waals surface area contributed by atoms with Crippen LogP contribution in [0.2, 0.25) is 0 Å². The number of amides is 2. The molecule has 0 saturated carbocycles. The van der Waals surface area contributed by atoms with Gasteiger partial charge in [0.1, 0.15) is 11.9 Å². The van der Waals surface area contributed by atoms with Gasteiger partial charge >= 0.3 is 6.03 Å². The van der Waals surface area contributed by atoms with Crippen molar-refractivity contribution >= 4 is 6.03 Å². The number of urea groups is 1. The van der Waals surface area contributed by atoms with Gasteiger partial charge in [-0.1, -0.05) is 30.3 Å². The summed E-state index contributed by atoms with van der Waals surface area (Å²) in [6, 6.07) is 13.3. The lowest BCUT2D eigenvalue weighted by Gasteiger charge is -2.32. The molecule has 6 nitrogen and oxygen atoms in total. The van der Waals surface area contributed by atoms with Crippen LogP contribution in [0, 0.1) is 0 Å². The molecule has 1 aliphatic rings. The van der Waals surface area contributed by atoms with Gasteiger partial charge in [0.15, 0.2) is 0 Å². The number of carbonyl (C=O) groups excluding carboxylic acids is 1. The third-order valence-corrected chi connectivity index (χ3v) is 3.93. The minimum absolute atomic E-state index is 0.0703. The SMILES string of the molecule is O=C(NCc1ccco1)N[C@@H]1CCOC[C@H]1OCc1ccccc1. The van der Waals surface area contributed by atoms with E-state index in [9.17, 15) is 4.79 Å². The molecule has 24 heavy (non-hydrogen) atoms. The Labute approximate surface area is 141 Å². The minimum Gasteiger partial charge on any atom is -0.467 e. The molecule has 1 aromatic heterocycles. The van der Waals surface area contributed by atoms with Gasteiger partial charge in [0.05, 0.1) is 32.1 Å². The van der Waals surface area contributed by atoms with Crippen LogP contribution in [0.25, 0.3) is 0 Å². The molecular weight excluding hydrogens is 308 g/mol. The van der Waals surface area contributed by atoms with Crippen LogP contribution in [0.15, 0.2) is 53.1 Å². The molecule has 2 aromatic rings. The van der Waals surface area contributed by atoms with Gasteiger partial charge in [0, 0.05) is 6.61 Å². The van der Waals surface area contributed by atoms with Crippen molar-refractivity contribution in [3.63, 3.8) is 0 Å². The molecule has 0 aliphatic carbocycles. The van der Waals surface area contributed by atoms with Crippen molar-refractivity contribution in [3.8, 4) is 0 Å². The summed E-state index contributed by atoms with van der Waals surface area (Å²) in [6.07, 6.45) is 2.15. The van der Waals surface area contributed by atoms with Crippen molar-refractivity contribution in [2.75, 3.05) is 13.2 Å². The molecule has 2 amide bonds. The molecule has 3 rings (SSSR count). The van der Waals surface area contributed by atoms with Gasteiger partial charge in [0.2, 0.25) is 0 Å². The highest BCUT2D eigenvalue weighted by Crippen LogP contribution is 2.14. The normalized spacial score (nSPS) is 20.5. The van der Waals surface area contributed by atoms with Gasteiger partial charge in [-0.15, -0.1) is 0 Å². The Kier molecular flexibility index (Phi) is 5.87. The maximum absolute atomic E-state index is 12.1. The number of hydrogen-bond donors (Lipinski definition) is 2. The zero-order valence-corrected chi connectivity index (χ0v) is 13.4. The number of furan rings is 1. The molecule has 128 valence electrons. The first-order valence-electron chi connectivity index (χ1n) is 8.11. The Balaban J connectivity index is 1.47.